The van der Waals surface area contributed by atoms with E-state index in [1.165, 1.54) is 22.9 Å². The summed E-state index contributed by atoms with van der Waals surface area (Å²) in [5.74, 6) is -1.01. The van der Waals surface area contributed by atoms with Crippen LogP contribution in [0.4, 0.5) is 4.39 Å². The fourth-order valence-electron chi connectivity index (χ4n) is 3.18. The number of nitrogens with zero attached hydrogens (tertiary/aromatic N) is 3. The van der Waals surface area contributed by atoms with Gasteiger partial charge >= 0.3 is 0 Å². The van der Waals surface area contributed by atoms with Gasteiger partial charge in [-0.15, -0.1) is 0 Å². The third-order valence-corrected chi connectivity index (χ3v) is 6.42. The molecule has 0 aliphatic rings. The lowest BCUT2D eigenvalue weighted by Gasteiger charge is -2.17. The van der Waals surface area contributed by atoms with Crippen LogP contribution < -0.4 is 10.3 Å². The predicted molar refractivity (Wildman–Crippen MR) is 98.6 cm³/mol. The number of aryl methyl sites for hydroxylation is 2. The molecule has 0 aliphatic heterocycles. The molecule has 12 heteroatoms. The van der Waals surface area contributed by atoms with Crippen LogP contribution in [0.15, 0.2) is 30.5 Å². The highest BCUT2D eigenvalue weighted by molar-refractivity contribution is 7.93. The van der Waals surface area contributed by atoms with E-state index < -0.39 is 36.9 Å². The Kier molecular flexibility index (Phi) is 4.62. The summed E-state index contributed by atoms with van der Waals surface area (Å²) in [6.45, 7) is 1.55. The van der Waals surface area contributed by atoms with E-state index in [1.807, 2.05) is 0 Å². The standard InChI is InChI=1S/C15H18FN5O4S2/c1-9-14(13(27(18,24)25)8-26(17,22)23)15(20(2)19-9)21-6-5-10-7-11(16)3-4-12(10)21/h3-7,13H,8H2,1-2H3,(H2,17,22,23)(H2,18,24,25). The summed E-state index contributed by atoms with van der Waals surface area (Å²) < 4.78 is 64.0. The zero-order valence-corrected chi connectivity index (χ0v) is 16.1. The number of halogens is 1. The van der Waals surface area contributed by atoms with Crippen molar-refractivity contribution in [3.8, 4) is 5.82 Å². The minimum absolute atomic E-state index is 0.121. The molecule has 0 fully saturated rings. The van der Waals surface area contributed by atoms with E-state index in [0.29, 0.717) is 22.4 Å². The van der Waals surface area contributed by atoms with Crippen molar-refractivity contribution in [1.29, 1.82) is 0 Å². The van der Waals surface area contributed by atoms with Crippen molar-refractivity contribution in [3.05, 3.63) is 47.5 Å². The Morgan fingerprint density at radius 3 is 2.44 bits per heavy atom. The monoisotopic (exact) mass is 415 g/mol. The second kappa shape index (κ2) is 6.41. The molecule has 146 valence electrons. The molecule has 2 heterocycles. The van der Waals surface area contributed by atoms with E-state index in [9.17, 15) is 21.2 Å². The maximum Gasteiger partial charge on any atom is 0.217 e. The number of sulfonamides is 2. The van der Waals surface area contributed by atoms with Crippen LogP contribution in [0.2, 0.25) is 0 Å². The minimum Gasteiger partial charge on any atom is -0.301 e. The number of benzene rings is 1. The van der Waals surface area contributed by atoms with Gasteiger partial charge in [0.2, 0.25) is 20.0 Å². The van der Waals surface area contributed by atoms with Crippen LogP contribution in [0.3, 0.4) is 0 Å². The number of hydrogen-bond acceptors (Lipinski definition) is 5. The molecule has 1 unspecified atom stereocenters. The molecule has 0 radical (unpaired) electrons. The molecule has 0 amide bonds. The maximum atomic E-state index is 13.5. The van der Waals surface area contributed by atoms with Crippen molar-refractivity contribution >= 4 is 30.9 Å². The zero-order valence-electron chi connectivity index (χ0n) is 14.5. The number of nitrogens with two attached hydrogens (primary N) is 2. The number of aromatic nitrogens is 3. The van der Waals surface area contributed by atoms with Crippen LogP contribution in [0.5, 0.6) is 0 Å². The molecule has 0 saturated heterocycles. The van der Waals surface area contributed by atoms with Crippen molar-refractivity contribution in [3.63, 3.8) is 0 Å². The predicted octanol–water partition coefficient (Wildman–Crippen LogP) is 0.430. The molecular weight excluding hydrogens is 397 g/mol. The lowest BCUT2D eigenvalue weighted by atomic mass is 10.2. The van der Waals surface area contributed by atoms with Crippen molar-refractivity contribution in [2.75, 3.05) is 5.75 Å². The second-order valence-corrected chi connectivity index (χ2v) is 9.65. The molecule has 9 nitrogen and oxygen atoms in total. The van der Waals surface area contributed by atoms with E-state index in [4.69, 9.17) is 10.3 Å². The van der Waals surface area contributed by atoms with Gasteiger partial charge in [-0.2, -0.15) is 5.10 Å². The Morgan fingerprint density at radius 2 is 1.85 bits per heavy atom. The van der Waals surface area contributed by atoms with E-state index in [0.717, 1.165) is 0 Å². The van der Waals surface area contributed by atoms with Crippen molar-refractivity contribution in [2.45, 2.75) is 12.2 Å². The van der Waals surface area contributed by atoms with Gasteiger partial charge in [-0.05, 0) is 31.2 Å². The summed E-state index contributed by atoms with van der Waals surface area (Å²) >= 11 is 0. The van der Waals surface area contributed by atoms with Crippen molar-refractivity contribution in [2.24, 2.45) is 17.3 Å². The number of fused-ring (bicyclic) bond motifs is 1. The lowest BCUT2D eigenvalue weighted by Crippen LogP contribution is -2.32. The average molecular weight is 415 g/mol. The summed E-state index contributed by atoms with van der Waals surface area (Å²) in [5, 5.41) is 13.6. The largest absolute Gasteiger partial charge is 0.301 e. The molecule has 0 aliphatic carbocycles. The van der Waals surface area contributed by atoms with Gasteiger partial charge in [0.25, 0.3) is 0 Å². The molecule has 0 saturated carbocycles. The fraction of sp³-hybridized carbons (Fsp3) is 0.267. The Labute approximate surface area is 155 Å². The van der Waals surface area contributed by atoms with E-state index in [-0.39, 0.29) is 5.56 Å². The van der Waals surface area contributed by atoms with Gasteiger partial charge in [0, 0.05) is 24.2 Å². The molecule has 2 aromatic heterocycles. The summed E-state index contributed by atoms with van der Waals surface area (Å²) in [4.78, 5) is 0. The summed E-state index contributed by atoms with van der Waals surface area (Å²) in [6, 6.07) is 5.78. The van der Waals surface area contributed by atoms with Crippen molar-refractivity contribution in [1.82, 2.24) is 14.3 Å². The summed E-state index contributed by atoms with van der Waals surface area (Å²) in [5.41, 5.74) is 0.999. The molecular formula is C15H18FN5O4S2. The molecule has 0 bridgehead atoms. The Hall–Kier alpha value is -2.28. The second-order valence-electron chi connectivity index (χ2n) is 6.24. The highest BCUT2D eigenvalue weighted by Gasteiger charge is 2.35. The first-order valence-corrected chi connectivity index (χ1v) is 11.0. The van der Waals surface area contributed by atoms with Gasteiger partial charge in [-0.25, -0.2) is 31.5 Å². The number of hydrogen-bond donors (Lipinski definition) is 2. The fourth-order valence-corrected chi connectivity index (χ4v) is 5.70. The van der Waals surface area contributed by atoms with Gasteiger partial charge in [0.05, 0.1) is 17.0 Å². The topological polar surface area (TPSA) is 143 Å². The van der Waals surface area contributed by atoms with Crippen LogP contribution >= 0.6 is 0 Å². The molecule has 0 spiro atoms. The third-order valence-electron chi connectivity index (χ3n) is 4.22. The first kappa shape index (κ1) is 19.5. The first-order valence-electron chi connectivity index (χ1n) is 7.71. The van der Waals surface area contributed by atoms with Gasteiger partial charge in [0.15, 0.2) is 0 Å². The first-order chi connectivity index (χ1) is 12.4. The van der Waals surface area contributed by atoms with Gasteiger partial charge < -0.3 is 4.57 Å². The SMILES string of the molecule is Cc1nn(C)c(-n2ccc3cc(F)ccc32)c1C(CS(N)(=O)=O)S(N)(=O)=O. The van der Waals surface area contributed by atoms with Crippen LogP contribution in [-0.4, -0.2) is 36.9 Å². The van der Waals surface area contributed by atoms with Gasteiger partial charge in [-0.3, -0.25) is 4.68 Å². The highest BCUT2D eigenvalue weighted by atomic mass is 32.2. The molecule has 27 heavy (non-hydrogen) atoms. The normalized spacial score (nSPS) is 14.0. The van der Waals surface area contributed by atoms with Crippen LogP contribution in [0.1, 0.15) is 16.5 Å². The number of primary sulfonamides is 2. The Morgan fingerprint density at radius 1 is 1.19 bits per heavy atom. The smallest absolute Gasteiger partial charge is 0.217 e. The van der Waals surface area contributed by atoms with Crippen LogP contribution in [0, 0.1) is 12.7 Å². The highest BCUT2D eigenvalue weighted by Crippen LogP contribution is 2.32. The van der Waals surface area contributed by atoms with Gasteiger partial charge in [-0.1, -0.05) is 0 Å². The van der Waals surface area contributed by atoms with Crippen LogP contribution in [-0.2, 0) is 27.1 Å². The molecule has 1 aromatic carbocycles. The van der Waals surface area contributed by atoms with E-state index >= 15 is 0 Å². The average Bonchev–Trinajstić information content (AvgIpc) is 3.02. The summed E-state index contributed by atoms with van der Waals surface area (Å²) in [7, 11) is -6.89. The third kappa shape index (κ3) is 3.74. The maximum absolute atomic E-state index is 13.5. The van der Waals surface area contributed by atoms with E-state index in [2.05, 4.69) is 5.10 Å². The molecule has 4 N–H and O–H groups in total. The Balaban J connectivity index is 2.32. The molecule has 1 atom stereocenters. The number of rotatable bonds is 5. The quantitative estimate of drug-likeness (QED) is 0.621. The lowest BCUT2D eigenvalue weighted by molar-refractivity contribution is 0.577. The molecule has 3 aromatic rings. The van der Waals surface area contributed by atoms with Gasteiger partial charge in [0.1, 0.15) is 16.9 Å². The summed E-state index contributed by atoms with van der Waals surface area (Å²) in [6.07, 6.45) is 1.61. The minimum atomic E-state index is -4.32. The van der Waals surface area contributed by atoms with Crippen LogP contribution in [0.25, 0.3) is 16.7 Å². The Bertz CT molecular complexity index is 1240. The zero-order chi connectivity index (χ0) is 20.1. The van der Waals surface area contributed by atoms with E-state index in [1.54, 1.807) is 30.8 Å². The van der Waals surface area contributed by atoms with Crippen molar-refractivity contribution < 1.29 is 21.2 Å². The molecule has 3 rings (SSSR count).